The molecule has 2 heterocycles. The van der Waals surface area contributed by atoms with Crippen LogP contribution in [-0.2, 0) is 17.9 Å². The van der Waals surface area contributed by atoms with E-state index in [0.29, 0.717) is 41.6 Å². The third kappa shape index (κ3) is 7.80. The Morgan fingerprint density at radius 2 is 1.74 bits per heavy atom. The lowest BCUT2D eigenvalue weighted by molar-refractivity contribution is -0.122. The number of anilines is 2. The molecule has 0 saturated heterocycles. The molecule has 4 aromatic rings. The average molecular weight is 544 g/mol. The summed E-state index contributed by atoms with van der Waals surface area (Å²) in [5, 5.41) is 10.6. The number of nitrogens with one attached hydrogen (secondary N) is 3. The van der Waals surface area contributed by atoms with Crippen molar-refractivity contribution in [2.45, 2.75) is 57.7 Å². The molecule has 0 aliphatic heterocycles. The topological polar surface area (TPSA) is 96.8 Å². The van der Waals surface area contributed by atoms with Gasteiger partial charge in [-0.2, -0.15) is 9.97 Å². The predicted molar refractivity (Wildman–Crippen MR) is 155 cm³/mol. The Morgan fingerprint density at radius 3 is 2.49 bits per heavy atom. The van der Waals surface area contributed by atoms with Crippen LogP contribution in [0.3, 0.4) is 0 Å². The lowest BCUT2D eigenvalue weighted by Crippen LogP contribution is -2.41. The van der Waals surface area contributed by atoms with Crippen molar-refractivity contribution in [3.05, 3.63) is 95.5 Å². The number of carbonyl (C=O) groups excluding carboxylic acids is 1. The van der Waals surface area contributed by atoms with Gasteiger partial charge in [0.25, 0.3) is 0 Å². The maximum atomic E-state index is 13.5. The maximum absolute atomic E-state index is 13.5. The zero-order valence-electron chi connectivity index (χ0n) is 21.9. The van der Waals surface area contributed by atoms with E-state index in [1.54, 1.807) is 12.5 Å². The highest BCUT2D eigenvalue weighted by Crippen LogP contribution is 2.28. The van der Waals surface area contributed by atoms with E-state index in [9.17, 15) is 4.79 Å². The van der Waals surface area contributed by atoms with E-state index < -0.39 is 6.04 Å². The van der Waals surface area contributed by atoms with Crippen LogP contribution < -0.4 is 16.0 Å². The number of benzene rings is 2. The number of hydrogen-bond acceptors (Lipinski definition) is 6. The van der Waals surface area contributed by atoms with Crippen LogP contribution in [0, 0.1) is 5.92 Å². The van der Waals surface area contributed by atoms with Crippen molar-refractivity contribution in [2.75, 3.05) is 10.6 Å². The molecular weight excluding hydrogens is 510 g/mol. The van der Waals surface area contributed by atoms with E-state index in [1.165, 1.54) is 19.3 Å². The van der Waals surface area contributed by atoms with Gasteiger partial charge in [-0.15, -0.1) is 0 Å². The van der Waals surface area contributed by atoms with E-state index in [0.717, 1.165) is 30.4 Å². The molecule has 3 N–H and O–H groups in total. The highest BCUT2D eigenvalue weighted by Gasteiger charge is 2.25. The molecule has 202 valence electrons. The molecule has 1 aliphatic carbocycles. The molecule has 0 spiro atoms. The Labute approximate surface area is 234 Å². The first-order valence-electron chi connectivity index (χ1n) is 13.6. The highest BCUT2D eigenvalue weighted by atomic mass is 35.5. The Morgan fingerprint density at radius 1 is 0.974 bits per heavy atom. The maximum Gasteiger partial charge on any atom is 0.242 e. The molecule has 2 aromatic heterocycles. The molecule has 8 nitrogen and oxygen atoms in total. The summed E-state index contributed by atoms with van der Waals surface area (Å²) < 4.78 is 1.83. The van der Waals surface area contributed by atoms with Crippen molar-refractivity contribution < 1.29 is 4.79 Å². The molecule has 39 heavy (non-hydrogen) atoms. The summed E-state index contributed by atoms with van der Waals surface area (Å²) in [7, 11) is 0. The fourth-order valence-electron chi connectivity index (χ4n) is 4.97. The van der Waals surface area contributed by atoms with Crippen LogP contribution in [0.4, 0.5) is 11.8 Å². The Bertz CT molecular complexity index is 1320. The summed E-state index contributed by atoms with van der Waals surface area (Å²) in [6.45, 7) is 1.02. The molecule has 5 rings (SSSR count). The molecule has 1 atom stereocenters. The molecule has 1 aliphatic rings. The number of hydrogen-bond donors (Lipinski definition) is 3. The molecular formula is C30H34ClN7O. The zero-order valence-corrected chi connectivity index (χ0v) is 22.6. The molecule has 1 fully saturated rings. The fourth-order valence-corrected chi connectivity index (χ4v) is 5.10. The van der Waals surface area contributed by atoms with Crippen LogP contribution >= 0.6 is 11.6 Å². The van der Waals surface area contributed by atoms with E-state index >= 15 is 0 Å². The number of nitrogens with zero attached hydrogens (tertiary/aromatic N) is 4. The molecule has 2 aromatic carbocycles. The van der Waals surface area contributed by atoms with Crippen LogP contribution in [0.5, 0.6) is 0 Å². The summed E-state index contributed by atoms with van der Waals surface area (Å²) in [5.74, 6) is 2.19. The Balaban J connectivity index is 1.36. The first-order chi connectivity index (χ1) is 19.1. The van der Waals surface area contributed by atoms with Gasteiger partial charge in [-0.25, -0.2) is 4.98 Å². The van der Waals surface area contributed by atoms with Gasteiger partial charge in [-0.05, 0) is 35.6 Å². The molecule has 1 unspecified atom stereocenters. The Hall–Kier alpha value is -3.91. The van der Waals surface area contributed by atoms with Gasteiger partial charge in [0, 0.05) is 36.6 Å². The number of imidazole rings is 1. The third-order valence-electron chi connectivity index (χ3n) is 7.09. The number of halogens is 1. The molecule has 0 bridgehead atoms. The molecule has 9 heteroatoms. The Kier molecular flexibility index (Phi) is 9.06. The van der Waals surface area contributed by atoms with Gasteiger partial charge in [-0.3, -0.25) is 9.36 Å². The number of rotatable bonds is 11. The van der Waals surface area contributed by atoms with Gasteiger partial charge >= 0.3 is 0 Å². The quantitative estimate of drug-likeness (QED) is 0.215. The summed E-state index contributed by atoms with van der Waals surface area (Å²) in [5.41, 5.74) is 2.13. The second kappa shape index (κ2) is 13.2. The van der Waals surface area contributed by atoms with E-state index in [4.69, 9.17) is 21.6 Å². The fraction of sp³-hybridized carbons (Fsp3) is 0.333. The van der Waals surface area contributed by atoms with Crippen LogP contribution in [-0.4, -0.2) is 31.5 Å². The monoisotopic (exact) mass is 543 g/mol. The van der Waals surface area contributed by atoms with Crippen LogP contribution in [0.15, 0.2) is 79.4 Å². The second-order valence-corrected chi connectivity index (χ2v) is 10.5. The van der Waals surface area contributed by atoms with Crippen LogP contribution in [0.2, 0.25) is 5.02 Å². The van der Waals surface area contributed by atoms with Gasteiger partial charge in [0.05, 0.1) is 0 Å². The van der Waals surface area contributed by atoms with Crippen molar-refractivity contribution in [1.82, 2.24) is 24.8 Å². The van der Waals surface area contributed by atoms with Gasteiger partial charge in [-0.1, -0.05) is 86.2 Å². The largest absolute Gasteiger partial charge is 0.358 e. The summed E-state index contributed by atoms with van der Waals surface area (Å²) in [6, 6.07) is 19.1. The average Bonchev–Trinajstić information content (AvgIpc) is 3.52. The molecule has 1 amide bonds. The van der Waals surface area contributed by atoms with Gasteiger partial charge in [0.2, 0.25) is 11.9 Å². The number of aromatic nitrogens is 4. The van der Waals surface area contributed by atoms with E-state index in [-0.39, 0.29) is 5.91 Å². The normalized spacial score (nSPS) is 14.5. The third-order valence-corrected chi connectivity index (χ3v) is 7.34. The van der Waals surface area contributed by atoms with Gasteiger partial charge in [0.1, 0.15) is 24.0 Å². The van der Waals surface area contributed by atoms with Crippen LogP contribution in [0.25, 0.3) is 5.82 Å². The summed E-state index contributed by atoms with van der Waals surface area (Å²) in [6.07, 6.45) is 12.0. The van der Waals surface area contributed by atoms with Gasteiger partial charge in [0.15, 0.2) is 0 Å². The van der Waals surface area contributed by atoms with Crippen LogP contribution in [0.1, 0.15) is 49.7 Å². The second-order valence-electron chi connectivity index (χ2n) is 10.0. The van der Waals surface area contributed by atoms with E-state index in [2.05, 4.69) is 33.1 Å². The minimum atomic E-state index is -0.423. The van der Waals surface area contributed by atoms with Crippen molar-refractivity contribution in [3.63, 3.8) is 0 Å². The SMILES string of the molecule is O=C(NCc1ccc(Cl)cc1)C(CC1CCCCC1)Nc1cc(-n2ccnc2)nc(NCc2ccccc2)n1. The first kappa shape index (κ1) is 26.7. The summed E-state index contributed by atoms with van der Waals surface area (Å²) in [4.78, 5) is 27.1. The summed E-state index contributed by atoms with van der Waals surface area (Å²) >= 11 is 6.02. The van der Waals surface area contributed by atoms with Crippen molar-refractivity contribution in [3.8, 4) is 5.82 Å². The number of amides is 1. The van der Waals surface area contributed by atoms with Crippen molar-refractivity contribution >= 4 is 29.3 Å². The number of carbonyl (C=O) groups is 1. The van der Waals surface area contributed by atoms with E-state index in [1.807, 2.05) is 59.3 Å². The van der Waals surface area contributed by atoms with Crippen molar-refractivity contribution in [1.29, 1.82) is 0 Å². The lowest BCUT2D eigenvalue weighted by Gasteiger charge is -2.27. The van der Waals surface area contributed by atoms with Crippen molar-refractivity contribution in [2.24, 2.45) is 5.92 Å². The minimum Gasteiger partial charge on any atom is -0.358 e. The smallest absolute Gasteiger partial charge is 0.242 e. The first-order valence-corrected chi connectivity index (χ1v) is 13.9. The molecule has 1 saturated carbocycles. The zero-order chi connectivity index (χ0) is 26.9. The highest BCUT2D eigenvalue weighted by molar-refractivity contribution is 6.30. The lowest BCUT2D eigenvalue weighted by atomic mass is 9.84. The standard InChI is InChI=1S/C30H34ClN7O/c31-25-13-11-24(12-14-25)19-33-29(39)26(17-22-7-3-1-4-8-22)35-27-18-28(38-16-15-32-21-38)37-30(36-27)34-20-23-9-5-2-6-10-23/h2,5-6,9-16,18,21-22,26H,1,3-4,7-8,17,19-20H2,(H,33,39)(H2,34,35,36,37). The van der Waals surface area contributed by atoms with Gasteiger partial charge < -0.3 is 16.0 Å². The minimum absolute atomic E-state index is 0.0443. The molecule has 0 radical (unpaired) electrons. The predicted octanol–water partition coefficient (Wildman–Crippen LogP) is 6.00.